The molecule has 0 aromatic heterocycles. The molecule has 1 saturated heterocycles. The van der Waals surface area contributed by atoms with E-state index in [1.165, 1.54) is 38.5 Å². The predicted octanol–water partition coefficient (Wildman–Crippen LogP) is 4.93. The molecule has 0 amide bonds. The van der Waals surface area contributed by atoms with Gasteiger partial charge in [0.15, 0.2) is 0 Å². The van der Waals surface area contributed by atoms with Gasteiger partial charge in [-0.2, -0.15) is 0 Å². The Morgan fingerprint density at radius 3 is 1.91 bits per heavy atom. The summed E-state index contributed by atoms with van der Waals surface area (Å²) in [4.78, 5) is 0. The summed E-state index contributed by atoms with van der Waals surface area (Å²) in [6.07, 6.45) is 11.9. The van der Waals surface area contributed by atoms with Gasteiger partial charge in [-0.3, -0.25) is 0 Å². The van der Waals surface area contributed by atoms with Gasteiger partial charge in [-0.15, -0.1) is 6.58 Å². The standard InChI is InChI=1S/C15H30O4.C4H8/c1-5-6-7-8-9-10-11-13(14-12-19-14)15(16-2,17-3)18-4;1-3-4-2/h13-14H,5-12H2,1-4H3;3H,1,4H2,2H3. The molecule has 1 heterocycles. The Hall–Kier alpha value is -0.420. The number of rotatable bonds is 13. The highest BCUT2D eigenvalue weighted by Crippen LogP contribution is 2.37. The quantitative estimate of drug-likeness (QED) is 0.208. The van der Waals surface area contributed by atoms with Gasteiger partial charge in [0.1, 0.15) is 0 Å². The molecule has 0 aliphatic carbocycles. The van der Waals surface area contributed by atoms with E-state index in [2.05, 4.69) is 20.4 Å². The lowest BCUT2D eigenvalue weighted by molar-refractivity contribution is -0.381. The molecule has 2 atom stereocenters. The summed E-state index contributed by atoms with van der Waals surface area (Å²) in [5, 5.41) is 0. The van der Waals surface area contributed by atoms with E-state index in [0.717, 1.165) is 19.4 Å². The average Bonchev–Trinajstić information content (AvgIpc) is 3.42. The van der Waals surface area contributed by atoms with Gasteiger partial charge in [-0.25, -0.2) is 0 Å². The van der Waals surface area contributed by atoms with Crippen LogP contribution in [-0.4, -0.2) is 40.0 Å². The molecule has 0 aromatic carbocycles. The van der Waals surface area contributed by atoms with Crippen LogP contribution in [0.2, 0.25) is 0 Å². The predicted molar refractivity (Wildman–Crippen MR) is 95.5 cm³/mol. The molecule has 138 valence electrons. The lowest BCUT2D eigenvalue weighted by Gasteiger charge is -2.35. The van der Waals surface area contributed by atoms with E-state index in [9.17, 15) is 0 Å². The third-order valence-corrected chi connectivity index (χ3v) is 4.27. The monoisotopic (exact) mass is 330 g/mol. The molecule has 1 rings (SSSR count). The molecule has 0 aromatic rings. The van der Waals surface area contributed by atoms with Crippen molar-refractivity contribution in [1.82, 2.24) is 0 Å². The summed E-state index contributed by atoms with van der Waals surface area (Å²) in [6.45, 7) is 8.57. The van der Waals surface area contributed by atoms with Gasteiger partial charge in [-0.05, 0) is 12.8 Å². The van der Waals surface area contributed by atoms with Crippen LogP contribution in [0.4, 0.5) is 0 Å². The fourth-order valence-electron chi connectivity index (χ4n) is 2.73. The van der Waals surface area contributed by atoms with Crippen molar-refractivity contribution in [3.63, 3.8) is 0 Å². The highest BCUT2D eigenvalue weighted by atomic mass is 16.9. The van der Waals surface area contributed by atoms with Crippen molar-refractivity contribution >= 4 is 0 Å². The molecule has 1 aliphatic rings. The minimum Gasteiger partial charge on any atom is -0.372 e. The van der Waals surface area contributed by atoms with Gasteiger partial charge < -0.3 is 18.9 Å². The Morgan fingerprint density at radius 2 is 1.52 bits per heavy atom. The fraction of sp³-hybridized carbons (Fsp3) is 0.895. The molecule has 1 aliphatic heterocycles. The number of hydrogen-bond donors (Lipinski definition) is 0. The van der Waals surface area contributed by atoms with E-state index in [4.69, 9.17) is 18.9 Å². The summed E-state index contributed by atoms with van der Waals surface area (Å²) in [5.41, 5.74) is 0. The third kappa shape index (κ3) is 8.85. The molecule has 2 unspecified atom stereocenters. The van der Waals surface area contributed by atoms with Crippen molar-refractivity contribution in [1.29, 1.82) is 0 Å². The van der Waals surface area contributed by atoms with Crippen LogP contribution >= 0.6 is 0 Å². The summed E-state index contributed by atoms with van der Waals surface area (Å²) < 4.78 is 21.9. The molecule has 4 heteroatoms. The molecule has 0 spiro atoms. The smallest absolute Gasteiger partial charge is 0.287 e. The molecule has 23 heavy (non-hydrogen) atoms. The molecule has 0 bridgehead atoms. The Morgan fingerprint density at radius 1 is 1.04 bits per heavy atom. The highest BCUT2D eigenvalue weighted by Gasteiger charge is 2.49. The van der Waals surface area contributed by atoms with Gasteiger partial charge in [-0.1, -0.05) is 58.4 Å². The van der Waals surface area contributed by atoms with Crippen LogP contribution in [0.1, 0.15) is 65.2 Å². The third-order valence-electron chi connectivity index (χ3n) is 4.27. The van der Waals surface area contributed by atoms with E-state index in [0.29, 0.717) is 0 Å². The number of methoxy groups -OCH3 is 3. The summed E-state index contributed by atoms with van der Waals surface area (Å²) in [6, 6.07) is 0. The van der Waals surface area contributed by atoms with Crippen molar-refractivity contribution in [3.05, 3.63) is 12.7 Å². The minimum absolute atomic E-state index is 0.152. The normalized spacial score (nSPS) is 18.0. The maximum atomic E-state index is 5.47. The maximum Gasteiger partial charge on any atom is 0.287 e. The van der Waals surface area contributed by atoms with Crippen LogP contribution in [-0.2, 0) is 18.9 Å². The van der Waals surface area contributed by atoms with Crippen LogP contribution in [0.15, 0.2) is 12.7 Å². The Balaban J connectivity index is 0.00000108. The molecule has 4 nitrogen and oxygen atoms in total. The fourth-order valence-corrected chi connectivity index (χ4v) is 2.73. The van der Waals surface area contributed by atoms with Gasteiger partial charge in [0.25, 0.3) is 5.97 Å². The lowest BCUT2D eigenvalue weighted by Crippen LogP contribution is -2.46. The Kier molecular flexibility index (Phi) is 13.7. The number of unbranched alkanes of at least 4 members (excludes halogenated alkanes) is 5. The van der Waals surface area contributed by atoms with Crippen LogP contribution in [0.25, 0.3) is 0 Å². The Labute approximate surface area is 143 Å². The summed E-state index contributed by atoms with van der Waals surface area (Å²) in [7, 11) is 4.89. The van der Waals surface area contributed by atoms with E-state index >= 15 is 0 Å². The second-order valence-corrected chi connectivity index (χ2v) is 5.95. The van der Waals surface area contributed by atoms with Gasteiger partial charge in [0.2, 0.25) is 0 Å². The molecule has 0 saturated carbocycles. The van der Waals surface area contributed by atoms with Crippen molar-refractivity contribution in [2.24, 2.45) is 5.92 Å². The number of hydrogen-bond acceptors (Lipinski definition) is 4. The minimum atomic E-state index is -0.954. The lowest BCUT2D eigenvalue weighted by atomic mass is 9.94. The first-order chi connectivity index (χ1) is 11.2. The molecule has 0 N–H and O–H groups in total. The molecular weight excluding hydrogens is 292 g/mol. The zero-order valence-corrected chi connectivity index (χ0v) is 15.9. The van der Waals surface area contributed by atoms with Crippen LogP contribution < -0.4 is 0 Å². The topological polar surface area (TPSA) is 40.2 Å². The second kappa shape index (κ2) is 14.0. The van der Waals surface area contributed by atoms with Crippen LogP contribution in [0.5, 0.6) is 0 Å². The SMILES string of the molecule is C=CCC.CCCCCCCCC(C1CO1)C(OC)(OC)OC. The zero-order chi connectivity index (χ0) is 17.6. The average molecular weight is 331 g/mol. The van der Waals surface area contributed by atoms with E-state index in [1.54, 1.807) is 21.3 Å². The first kappa shape index (κ1) is 22.6. The zero-order valence-electron chi connectivity index (χ0n) is 15.9. The van der Waals surface area contributed by atoms with Crippen molar-refractivity contribution in [2.45, 2.75) is 77.3 Å². The molecular formula is C19H38O4. The first-order valence-corrected chi connectivity index (χ1v) is 9.03. The second-order valence-electron chi connectivity index (χ2n) is 5.95. The molecule has 0 radical (unpaired) electrons. The van der Waals surface area contributed by atoms with Crippen molar-refractivity contribution in [3.8, 4) is 0 Å². The van der Waals surface area contributed by atoms with Gasteiger partial charge in [0.05, 0.1) is 18.6 Å². The van der Waals surface area contributed by atoms with Crippen LogP contribution in [0, 0.1) is 5.92 Å². The highest BCUT2D eigenvalue weighted by molar-refractivity contribution is 4.86. The Bertz CT molecular complexity index is 264. The summed E-state index contributed by atoms with van der Waals surface area (Å²) >= 11 is 0. The van der Waals surface area contributed by atoms with E-state index < -0.39 is 5.97 Å². The first-order valence-electron chi connectivity index (χ1n) is 9.03. The van der Waals surface area contributed by atoms with Crippen molar-refractivity contribution in [2.75, 3.05) is 27.9 Å². The van der Waals surface area contributed by atoms with Gasteiger partial charge in [0, 0.05) is 21.3 Å². The van der Waals surface area contributed by atoms with Gasteiger partial charge >= 0.3 is 0 Å². The van der Waals surface area contributed by atoms with E-state index in [1.807, 2.05) is 6.08 Å². The number of allylic oxidation sites excluding steroid dienone is 1. The van der Waals surface area contributed by atoms with Crippen molar-refractivity contribution < 1.29 is 18.9 Å². The molecule has 1 fully saturated rings. The number of epoxide rings is 1. The van der Waals surface area contributed by atoms with Crippen LogP contribution in [0.3, 0.4) is 0 Å². The largest absolute Gasteiger partial charge is 0.372 e. The number of ether oxygens (including phenoxy) is 4. The van der Waals surface area contributed by atoms with E-state index in [-0.39, 0.29) is 12.0 Å². The summed E-state index contributed by atoms with van der Waals surface area (Å²) in [5.74, 6) is -0.802. The maximum absolute atomic E-state index is 5.47.